The molecule has 0 fully saturated rings. The molecule has 0 bridgehead atoms. The summed E-state index contributed by atoms with van der Waals surface area (Å²) in [6.45, 7) is 5.30. The Morgan fingerprint density at radius 1 is 1.11 bits per heavy atom. The first kappa shape index (κ1) is 20.8. The number of benzene rings is 2. The van der Waals surface area contributed by atoms with E-state index in [0.717, 1.165) is 17.7 Å². The Hall–Kier alpha value is -2.53. The molecule has 5 nitrogen and oxygen atoms in total. The number of anilines is 1. The maximum atomic E-state index is 12.7. The number of hydrogen-bond donors (Lipinski definition) is 1. The molecule has 2 amide bonds. The monoisotopic (exact) mass is 388 g/mol. The van der Waals surface area contributed by atoms with E-state index in [1.54, 1.807) is 45.2 Å². The summed E-state index contributed by atoms with van der Waals surface area (Å²) in [7, 11) is 1.58. The number of ether oxygens (including phenoxy) is 1. The molecule has 0 spiro atoms. The van der Waals surface area contributed by atoms with Gasteiger partial charge in [-0.3, -0.25) is 9.59 Å². The fraction of sp³-hybridized carbons (Fsp3) is 0.333. The third kappa shape index (κ3) is 5.73. The Morgan fingerprint density at radius 2 is 1.74 bits per heavy atom. The Balaban J connectivity index is 1.98. The summed E-state index contributed by atoms with van der Waals surface area (Å²) >= 11 is 5.87. The van der Waals surface area contributed by atoms with Gasteiger partial charge in [0, 0.05) is 17.8 Å². The van der Waals surface area contributed by atoms with Crippen molar-refractivity contribution in [3.05, 3.63) is 59.1 Å². The van der Waals surface area contributed by atoms with Crippen LogP contribution in [0, 0.1) is 0 Å². The number of rotatable bonds is 7. The summed E-state index contributed by atoms with van der Waals surface area (Å²) in [5.41, 5.74) is 0.693. The second-order valence-corrected chi connectivity index (χ2v) is 7.22. The van der Waals surface area contributed by atoms with Gasteiger partial charge in [0.1, 0.15) is 5.75 Å². The third-order valence-electron chi connectivity index (χ3n) is 4.10. The first-order chi connectivity index (χ1) is 12.7. The molecule has 0 saturated heterocycles. The van der Waals surface area contributed by atoms with Crippen LogP contribution >= 0.6 is 11.6 Å². The van der Waals surface area contributed by atoms with Crippen molar-refractivity contribution in [3.8, 4) is 5.75 Å². The van der Waals surface area contributed by atoms with E-state index >= 15 is 0 Å². The van der Waals surface area contributed by atoms with E-state index in [1.165, 1.54) is 4.90 Å². The van der Waals surface area contributed by atoms with E-state index in [2.05, 4.69) is 5.32 Å². The molecule has 0 unspecified atom stereocenters. The van der Waals surface area contributed by atoms with Crippen LogP contribution in [0.2, 0.25) is 5.02 Å². The molecule has 2 aromatic rings. The summed E-state index contributed by atoms with van der Waals surface area (Å²) in [4.78, 5) is 26.5. The molecule has 144 valence electrons. The molecule has 2 rings (SSSR count). The van der Waals surface area contributed by atoms with Crippen LogP contribution in [-0.4, -0.2) is 35.9 Å². The minimum Gasteiger partial charge on any atom is -0.478 e. The van der Waals surface area contributed by atoms with Crippen molar-refractivity contribution in [2.75, 3.05) is 18.9 Å². The number of likely N-dealkylation sites (N-methyl/N-ethyl adjacent to an activating group) is 1. The van der Waals surface area contributed by atoms with Gasteiger partial charge in [-0.15, -0.1) is 0 Å². The Morgan fingerprint density at radius 3 is 2.37 bits per heavy atom. The molecule has 0 aliphatic carbocycles. The summed E-state index contributed by atoms with van der Waals surface area (Å²) in [5.74, 6) is -0.0158. The molecular weight excluding hydrogens is 364 g/mol. The van der Waals surface area contributed by atoms with Crippen molar-refractivity contribution < 1.29 is 14.3 Å². The highest BCUT2D eigenvalue weighted by Gasteiger charge is 2.33. The number of carbonyl (C=O) groups is 2. The Kier molecular flexibility index (Phi) is 6.86. The maximum Gasteiger partial charge on any atom is 0.266 e. The number of nitrogens with one attached hydrogen (secondary N) is 1. The van der Waals surface area contributed by atoms with Crippen LogP contribution in [0.4, 0.5) is 5.69 Å². The predicted molar refractivity (Wildman–Crippen MR) is 108 cm³/mol. The van der Waals surface area contributed by atoms with Gasteiger partial charge in [0.15, 0.2) is 5.60 Å². The quantitative estimate of drug-likeness (QED) is 0.774. The number of para-hydroxylation sites is 1. The van der Waals surface area contributed by atoms with Crippen LogP contribution in [0.25, 0.3) is 0 Å². The van der Waals surface area contributed by atoms with Crippen LogP contribution in [-0.2, 0) is 16.0 Å². The first-order valence-electron chi connectivity index (χ1n) is 8.81. The second kappa shape index (κ2) is 8.91. The molecule has 2 aromatic carbocycles. The van der Waals surface area contributed by atoms with Gasteiger partial charge in [-0.2, -0.15) is 0 Å². The number of amides is 2. The molecule has 0 heterocycles. The van der Waals surface area contributed by atoms with Gasteiger partial charge >= 0.3 is 0 Å². The number of carbonyl (C=O) groups excluding carboxylic acids is 2. The SMILES string of the molecule is CCc1ccccc1NC(=O)CN(C)C(=O)C(C)(C)Oc1ccc(Cl)cc1. The van der Waals surface area contributed by atoms with Crippen LogP contribution in [0.5, 0.6) is 5.75 Å². The zero-order chi connectivity index (χ0) is 20.0. The van der Waals surface area contributed by atoms with Crippen molar-refractivity contribution in [2.24, 2.45) is 0 Å². The molecule has 0 aliphatic rings. The van der Waals surface area contributed by atoms with Gasteiger partial charge in [-0.1, -0.05) is 36.7 Å². The number of halogens is 1. The normalized spacial score (nSPS) is 11.0. The summed E-state index contributed by atoms with van der Waals surface area (Å²) in [6, 6.07) is 14.4. The van der Waals surface area contributed by atoms with E-state index in [4.69, 9.17) is 16.3 Å². The highest BCUT2D eigenvalue weighted by atomic mass is 35.5. The van der Waals surface area contributed by atoms with Gasteiger partial charge in [-0.05, 0) is 56.2 Å². The molecule has 0 aliphatic heterocycles. The van der Waals surface area contributed by atoms with E-state index < -0.39 is 5.60 Å². The molecule has 1 N–H and O–H groups in total. The van der Waals surface area contributed by atoms with Crippen molar-refractivity contribution in [3.63, 3.8) is 0 Å². The lowest BCUT2D eigenvalue weighted by Crippen LogP contribution is -2.49. The fourth-order valence-electron chi connectivity index (χ4n) is 2.73. The lowest BCUT2D eigenvalue weighted by Gasteiger charge is -2.30. The Labute approximate surface area is 165 Å². The summed E-state index contributed by atoms with van der Waals surface area (Å²) in [5, 5.41) is 3.46. The molecule has 0 saturated carbocycles. The third-order valence-corrected chi connectivity index (χ3v) is 4.35. The number of aryl methyl sites for hydroxylation is 1. The average Bonchev–Trinajstić information content (AvgIpc) is 2.63. The largest absolute Gasteiger partial charge is 0.478 e. The zero-order valence-corrected chi connectivity index (χ0v) is 16.8. The lowest BCUT2D eigenvalue weighted by atomic mass is 10.1. The highest BCUT2D eigenvalue weighted by molar-refractivity contribution is 6.30. The van der Waals surface area contributed by atoms with E-state index in [-0.39, 0.29) is 18.4 Å². The predicted octanol–water partition coefficient (Wildman–Crippen LogP) is 4.16. The second-order valence-electron chi connectivity index (χ2n) is 6.79. The number of hydrogen-bond acceptors (Lipinski definition) is 3. The van der Waals surface area contributed by atoms with Crippen LogP contribution in [0.3, 0.4) is 0 Å². The Bertz CT molecular complexity index is 803. The molecule has 0 atom stereocenters. The van der Waals surface area contributed by atoms with Gasteiger partial charge in [-0.25, -0.2) is 0 Å². The molecule has 0 aromatic heterocycles. The summed E-state index contributed by atoms with van der Waals surface area (Å²) < 4.78 is 5.79. The maximum absolute atomic E-state index is 12.7. The minimum absolute atomic E-state index is 0.0652. The van der Waals surface area contributed by atoms with Crippen LogP contribution in [0.1, 0.15) is 26.3 Å². The van der Waals surface area contributed by atoms with Crippen molar-refractivity contribution in [2.45, 2.75) is 32.8 Å². The standard InChI is InChI=1S/C21H25ClN2O3/c1-5-15-8-6-7-9-18(15)23-19(25)14-24(4)20(26)21(2,3)27-17-12-10-16(22)11-13-17/h6-13H,5,14H2,1-4H3,(H,23,25). The smallest absolute Gasteiger partial charge is 0.266 e. The zero-order valence-electron chi connectivity index (χ0n) is 16.1. The van der Waals surface area contributed by atoms with Crippen molar-refractivity contribution in [1.82, 2.24) is 4.90 Å². The van der Waals surface area contributed by atoms with Gasteiger partial charge in [0.25, 0.3) is 5.91 Å². The first-order valence-corrected chi connectivity index (χ1v) is 9.18. The molecular formula is C21H25ClN2O3. The van der Waals surface area contributed by atoms with Crippen molar-refractivity contribution in [1.29, 1.82) is 0 Å². The van der Waals surface area contributed by atoms with Gasteiger partial charge in [0.2, 0.25) is 5.91 Å². The molecule has 6 heteroatoms. The van der Waals surface area contributed by atoms with E-state index in [1.807, 2.05) is 31.2 Å². The topological polar surface area (TPSA) is 58.6 Å². The molecule has 0 radical (unpaired) electrons. The highest BCUT2D eigenvalue weighted by Crippen LogP contribution is 2.22. The van der Waals surface area contributed by atoms with Crippen LogP contribution in [0.15, 0.2) is 48.5 Å². The number of nitrogens with zero attached hydrogens (tertiary/aromatic N) is 1. The average molecular weight is 389 g/mol. The van der Waals surface area contributed by atoms with Gasteiger partial charge in [0.05, 0.1) is 6.54 Å². The van der Waals surface area contributed by atoms with Gasteiger partial charge < -0.3 is 15.0 Å². The van der Waals surface area contributed by atoms with Crippen LogP contribution < -0.4 is 10.1 Å². The van der Waals surface area contributed by atoms with Crippen molar-refractivity contribution >= 4 is 29.1 Å². The minimum atomic E-state index is -1.12. The lowest BCUT2D eigenvalue weighted by molar-refractivity contribution is -0.145. The molecule has 27 heavy (non-hydrogen) atoms. The summed E-state index contributed by atoms with van der Waals surface area (Å²) in [6.07, 6.45) is 0.813. The fourth-order valence-corrected chi connectivity index (χ4v) is 2.85. The van der Waals surface area contributed by atoms with E-state index in [0.29, 0.717) is 10.8 Å². The van der Waals surface area contributed by atoms with E-state index in [9.17, 15) is 9.59 Å².